The fourth-order valence-corrected chi connectivity index (χ4v) is 1.98. The molecule has 2 rings (SSSR count). The van der Waals surface area contributed by atoms with Crippen LogP contribution in [0.4, 0.5) is 5.69 Å². The molecule has 0 spiro atoms. The Morgan fingerprint density at radius 1 is 1.10 bits per heavy atom. The van der Waals surface area contributed by atoms with Gasteiger partial charge in [0.25, 0.3) is 5.91 Å². The van der Waals surface area contributed by atoms with E-state index in [1.807, 2.05) is 0 Å². The summed E-state index contributed by atoms with van der Waals surface area (Å²) in [6.45, 7) is 1.68. The number of carbonyl (C=O) groups excluding carboxylic acids is 1. The zero-order valence-electron chi connectivity index (χ0n) is 10.7. The average Bonchev–Trinajstić information content (AvgIpc) is 2.39. The van der Waals surface area contributed by atoms with E-state index < -0.39 is 5.97 Å². The minimum absolute atomic E-state index is 0.0924. The summed E-state index contributed by atoms with van der Waals surface area (Å²) < 4.78 is 0. The first-order valence-corrected chi connectivity index (χ1v) is 6.26. The van der Waals surface area contributed by atoms with Crippen molar-refractivity contribution in [3.63, 3.8) is 0 Å². The van der Waals surface area contributed by atoms with Crippen molar-refractivity contribution in [2.45, 2.75) is 6.92 Å². The van der Waals surface area contributed by atoms with E-state index in [0.717, 1.165) is 0 Å². The van der Waals surface area contributed by atoms with Crippen LogP contribution in [0.1, 0.15) is 26.3 Å². The molecule has 0 fully saturated rings. The molecule has 0 saturated carbocycles. The molecule has 2 N–H and O–H groups in total. The molecule has 0 aliphatic heterocycles. The highest BCUT2D eigenvalue weighted by Gasteiger charge is 2.15. The van der Waals surface area contributed by atoms with Crippen LogP contribution in [0.15, 0.2) is 42.5 Å². The number of aryl methyl sites for hydroxylation is 1. The molecule has 2 aromatic carbocycles. The number of hydrogen-bond acceptors (Lipinski definition) is 2. The number of carbonyl (C=O) groups is 2. The van der Waals surface area contributed by atoms with E-state index in [4.69, 9.17) is 11.6 Å². The summed E-state index contributed by atoms with van der Waals surface area (Å²) in [6.07, 6.45) is 0. The minimum Gasteiger partial charge on any atom is -0.478 e. The van der Waals surface area contributed by atoms with Crippen LogP contribution < -0.4 is 5.32 Å². The van der Waals surface area contributed by atoms with E-state index in [0.29, 0.717) is 16.1 Å². The van der Waals surface area contributed by atoms with Crippen LogP contribution in [0.3, 0.4) is 0 Å². The number of benzene rings is 2. The van der Waals surface area contributed by atoms with Crippen molar-refractivity contribution < 1.29 is 14.7 Å². The molecule has 0 radical (unpaired) electrons. The number of rotatable bonds is 3. The van der Waals surface area contributed by atoms with Crippen molar-refractivity contribution in [2.75, 3.05) is 5.32 Å². The van der Waals surface area contributed by atoms with Gasteiger partial charge in [-0.1, -0.05) is 23.7 Å². The third kappa shape index (κ3) is 2.97. The van der Waals surface area contributed by atoms with Gasteiger partial charge in [-0.15, -0.1) is 0 Å². The number of amides is 1. The number of anilines is 1. The summed E-state index contributed by atoms with van der Waals surface area (Å²) in [7, 11) is 0. The fraction of sp³-hybridized carbons (Fsp3) is 0.0667. The van der Waals surface area contributed by atoms with Crippen molar-refractivity contribution in [1.82, 2.24) is 0 Å². The Balaban J connectivity index is 2.30. The van der Waals surface area contributed by atoms with Gasteiger partial charge in [-0.05, 0) is 42.8 Å². The molecular weight excluding hydrogens is 278 g/mol. The van der Waals surface area contributed by atoms with Crippen molar-refractivity contribution in [3.05, 3.63) is 64.2 Å². The maximum absolute atomic E-state index is 12.1. The molecule has 0 aromatic heterocycles. The molecule has 0 heterocycles. The molecular formula is C15H12ClNO3. The number of nitrogens with one attached hydrogen (secondary N) is 1. The molecule has 4 nitrogen and oxygen atoms in total. The van der Waals surface area contributed by atoms with E-state index in [1.165, 1.54) is 0 Å². The summed E-state index contributed by atoms with van der Waals surface area (Å²) in [5, 5.41) is 12.3. The highest BCUT2D eigenvalue weighted by Crippen LogP contribution is 2.20. The topological polar surface area (TPSA) is 66.4 Å². The van der Waals surface area contributed by atoms with E-state index in [-0.39, 0.29) is 17.2 Å². The number of carboxylic acid groups (broad SMARTS) is 1. The summed E-state index contributed by atoms with van der Waals surface area (Å²) in [6, 6.07) is 11.3. The van der Waals surface area contributed by atoms with Crippen molar-refractivity contribution in [2.24, 2.45) is 0 Å². The van der Waals surface area contributed by atoms with E-state index in [1.54, 1.807) is 49.4 Å². The van der Waals surface area contributed by atoms with Crippen LogP contribution in [0.2, 0.25) is 5.02 Å². The molecule has 102 valence electrons. The van der Waals surface area contributed by atoms with Gasteiger partial charge >= 0.3 is 5.97 Å². The van der Waals surface area contributed by atoms with E-state index in [9.17, 15) is 14.7 Å². The molecule has 0 aliphatic carbocycles. The monoisotopic (exact) mass is 289 g/mol. The standard InChI is InChI=1S/C15H12ClNO3/c1-9-3-2-4-12(13(9)15(19)20)17-14(18)10-5-7-11(16)8-6-10/h2-8H,1H3,(H,17,18)(H,19,20). The second kappa shape index (κ2) is 5.75. The lowest BCUT2D eigenvalue weighted by atomic mass is 10.1. The van der Waals surface area contributed by atoms with Crippen molar-refractivity contribution in [1.29, 1.82) is 0 Å². The maximum atomic E-state index is 12.1. The van der Waals surface area contributed by atoms with Crippen LogP contribution in [0, 0.1) is 6.92 Å². The molecule has 0 atom stereocenters. The maximum Gasteiger partial charge on any atom is 0.338 e. The average molecular weight is 290 g/mol. The third-order valence-corrected chi connectivity index (χ3v) is 3.09. The second-order valence-electron chi connectivity index (χ2n) is 4.26. The predicted octanol–water partition coefficient (Wildman–Crippen LogP) is 3.60. The van der Waals surface area contributed by atoms with Gasteiger partial charge in [0.2, 0.25) is 0 Å². The quantitative estimate of drug-likeness (QED) is 0.907. The first-order chi connectivity index (χ1) is 9.49. The van der Waals surface area contributed by atoms with Gasteiger partial charge in [0.1, 0.15) is 0 Å². The summed E-state index contributed by atoms with van der Waals surface area (Å²) >= 11 is 5.75. The van der Waals surface area contributed by atoms with Crippen molar-refractivity contribution in [3.8, 4) is 0 Å². The smallest absolute Gasteiger partial charge is 0.338 e. The van der Waals surface area contributed by atoms with Gasteiger partial charge in [0.15, 0.2) is 0 Å². The van der Waals surface area contributed by atoms with Gasteiger partial charge in [0.05, 0.1) is 11.3 Å². The Morgan fingerprint density at radius 2 is 1.75 bits per heavy atom. The molecule has 0 unspecified atom stereocenters. The van der Waals surface area contributed by atoms with E-state index in [2.05, 4.69) is 5.32 Å². The zero-order valence-corrected chi connectivity index (χ0v) is 11.4. The lowest BCUT2D eigenvalue weighted by Gasteiger charge is -2.10. The lowest BCUT2D eigenvalue weighted by Crippen LogP contribution is -2.15. The third-order valence-electron chi connectivity index (χ3n) is 2.84. The molecule has 2 aromatic rings. The van der Waals surface area contributed by atoms with Crippen molar-refractivity contribution >= 4 is 29.2 Å². The second-order valence-corrected chi connectivity index (χ2v) is 4.70. The Kier molecular flexibility index (Phi) is 4.05. The lowest BCUT2D eigenvalue weighted by molar-refractivity contribution is 0.0697. The molecule has 0 aliphatic rings. The Hall–Kier alpha value is -2.33. The fourth-order valence-electron chi connectivity index (χ4n) is 1.85. The highest BCUT2D eigenvalue weighted by atomic mass is 35.5. The minimum atomic E-state index is -1.07. The largest absolute Gasteiger partial charge is 0.478 e. The number of hydrogen-bond donors (Lipinski definition) is 2. The SMILES string of the molecule is Cc1cccc(NC(=O)c2ccc(Cl)cc2)c1C(=O)O. The number of halogens is 1. The molecule has 0 saturated heterocycles. The molecule has 5 heteroatoms. The summed E-state index contributed by atoms with van der Waals surface area (Å²) in [5.41, 5.74) is 1.37. The summed E-state index contributed by atoms with van der Waals surface area (Å²) in [5.74, 6) is -1.45. The Morgan fingerprint density at radius 3 is 2.35 bits per heavy atom. The van der Waals surface area contributed by atoms with Gasteiger partial charge in [0, 0.05) is 10.6 Å². The van der Waals surface area contributed by atoms with Gasteiger partial charge in [-0.2, -0.15) is 0 Å². The van der Waals surface area contributed by atoms with Gasteiger partial charge < -0.3 is 10.4 Å². The van der Waals surface area contributed by atoms with Crippen LogP contribution >= 0.6 is 11.6 Å². The molecule has 0 bridgehead atoms. The van der Waals surface area contributed by atoms with Crippen LogP contribution in [-0.2, 0) is 0 Å². The van der Waals surface area contributed by atoms with Crippen LogP contribution in [0.5, 0.6) is 0 Å². The van der Waals surface area contributed by atoms with Gasteiger partial charge in [-0.3, -0.25) is 4.79 Å². The van der Waals surface area contributed by atoms with E-state index >= 15 is 0 Å². The number of aromatic carboxylic acids is 1. The predicted molar refractivity (Wildman–Crippen MR) is 77.5 cm³/mol. The molecule has 1 amide bonds. The van der Waals surface area contributed by atoms with Gasteiger partial charge in [-0.25, -0.2) is 4.79 Å². The van der Waals surface area contributed by atoms with Crippen LogP contribution in [-0.4, -0.2) is 17.0 Å². The Labute approximate surface area is 121 Å². The zero-order chi connectivity index (χ0) is 14.7. The summed E-state index contributed by atoms with van der Waals surface area (Å²) in [4.78, 5) is 23.3. The first-order valence-electron chi connectivity index (χ1n) is 5.89. The Bertz CT molecular complexity index is 665. The normalized spacial score (nSPS) is 10.1. The first kappa shape index (κ1) is 14.1. The van der Waals surface area contributed by atoms with Crippen LogP contribution in [0.25, 0.3) is 0 Å². The highest BCUT2D eigenvalue weighted by molar-refractivity contribution is 6.30. The molecule has 20 heavy (non-hydrogen) atoms. The number of carboxylic acids is 1.